The number of likely N-dealkylation sites (tertiary alicyclic amines) is 1. The van der Waals surface area contributed by atoms with E-state index < -0.39 is 5.60 Å². The summed E-state index contributed by atoms with van der Waals surface area (Å²) in [6.45, 7) is 4.37. The van der Waals surface area contributed by atoms with E-state index in [0.717, 1.165) is 65.0 Å². The van der Waals surface area contributed by atoms with E-state index in [1.807, 2.05) is 0 Å². The van der Waals surface area contributed by atoms with Gasteiger partial charge in [0.2, 0.25) is 0 Å². The van der Waals surface area contributed by atoms with Crippen LogP contribution in [0.15, 0.2) is 0 Å². The fourth-order valence-electron chi connectivity index (χ4n) is 3.86. The standard InChI is InChI=1S/C16H26N2O2.HI/c17-12-15(6-10-20-11-7-15)4-1-8-18-9-5-16(19,13-18)14-2-3-14;/h14,19H,1-11,13H2;1H. The van der Waals surface area contributed by atoms with Crippen molar-refractivity contribution < 1.29 is 9.84 Å². The Balaban J connectivity index is 0.00000161. The summed E-state index contributed by atoms with van der Waals surface area (Å²) in [6, 6.07) is 2.54. The van der Waals surface area contributed by atoms with Gasteiger partial charge in [-0.05, 0) is 57.4 Å². The fraction of sp³-hybridized carbons (Fsp3) is 0.938. The minimum absolute atomic E-state index is 0. The summed E-state index contributed by atoms with van der Waals surface area (Å²) < 4.78 is 5.37. The summed E-state index contributed by atoms with van der Waals surface area (Å²) in [4.78, 5) is 2.39. The van der Waals surface area contributed by atoms with E-state index in [0.29, 0.717) is 5.92 Å². The molecule has 3 aliphatic rings. The van der Waals surface area contributed by atoms with Crippen LogP contribution in [0, 0.1) is 22.7 Å². The van der Waals surface area contributed by atoms with E-state index in [1.54, 1.807) is 0 Å². The summed E-state index contributed by atoms with van der Waals surface area (Å²) in [7, 11) is 0. The van der Waals surface area contributed by atoms with Crippen LogP contribution in [0.5, 0.6) is 0 Å². The number of nitrogens with zero attached hydrogens (tertiary/aromatic N) is 2. The zero-order valence-electron chi connectivity index (χ0n) is 12.7. The second kappa shape index (κ2) is 7.12. The van der Waals surface area contributed by atoms with Crippen molar-refractivity contribution in [1.29, 1.82) is 5.26 Å². The average Bonchev–Trinajstić information content (AvgIpc) is 3.26. The first kappa shape index (κ1) is 17.5. The predicted molar refractivity (Wildman–Crippen MR) is 91.5 cm³/mol. The zero-order valence-corrected chi connectivity index (χ0v) is 15.1. The van der Waals surface area contributed by atoms with Gasteiger partial charge in [-0.25, -0.2) is 0 Å². The first-order valence-electron chi connectivity index (χ1n) is 8.10. The minimum atomic E-state index is -0.397. The Labute approximate surface area is 144 Å². The second-order valence-electron chi connectivity index (χ2n) is 7.01. The number of hydrogen-bond acceptors (Lipinski definition) is 4. The Morgan fingerprint density at radius 2 is 1.95 bits per heavy atom. The topological polar surface area (TPSA) is 56.5 Å². The number of nitriles is 1. The molecule has 0 aromatic heterocycles. The number of hydrogen-bond donors (Lipinski definition) is 1. The molecule has 1 atom stereocenters. The molecule has 2 saturated heterocycles. The summed E-state index contributed by atoms with van der Waals surface area (Å²) in [5.74, 6) is 0.563. The molecule has 0 radical (unpaired) electrons. The van der Waals surface area contributed by atoms with E-state index in [4.69, 9.17) is 4.74 Å². The molecule has 0 aromatic carbocycles. The Kier molecular flexibility index (Phi) is 5.91. The lowest BCUT2D eigenvalue weighted by Gasteiger charge is -2.31. The normalized spacial score (nSPS) is 32.4. The SMILES string of the molecule is I.N#CC1(CCCN2CCC(O)(C3CC3)C2)CCOCC1. The fourth-order valence-corrected chi connectivity index (χ4v) is 3.86. The summed E-state index contributed by atoms with van der Waals surface area (Å²) in [5, 5.41) is 20.0. The van der Waals surface area contributed by atoms with Crippen LogP contribution in [-0.4, -0.2) is 48.5 Å². The lowest BCUT2D eigenvalue weighted by atomic mass is 9.78. The van der Waals surface area contributed by atoms with Crippen LogP contribution >= 0.6 is 24.0 Å². The molecule has 21 heavy (non-hydrogen) atoms. The van der Waals surface area contributed by atoms with E-state index in [9.17, 15) is 10.4 Å². The molecular weight excluding hydrogens is 379 g/mol. The molecule has 0 bridgehead atoms. The van der Waals surface area contributed by atoms with Crippen molar-refractivity contribution in [2.45, 2.75) is 50.5 Å². The molecule has 1 aliphatic carbocycles. The van der Waals surface area contributed by atoms with Crippen molar-refractivity contribution in [3.8, 4) is 6.07 Å². The first-order chi connectivity index (χ1) is 9.66. The number of ether oxygens (including phenoxy) is 1. The largest absolute Gasteiger partial charge is 0.388 e. The van der Waals surface area contributed by atoms with Gasteiger partial charge in [-0.1, -0.05) is 0 Å². The highest BCUT2D eigenvalue weighted by Crippen LogP contribution is 2.44. The number of aliphatic hydroxyl groups is 1. The van der Waals surface area contributed by atoms with E-state index in [2.05, 4.69) is 11.0 Å². The Morgan fingerprint density at radius 3 is 2.57 bits per heavy atom. The first-order valence-corrected chi connectivity index (χ1v) is 8.10. The van der Waals surface area contributed by atoms with Crippen LogP contribution in [0.1, 0.15) is 44.9 Å². The van der Waals surface area contributed by atoms with E-state index in [1.165, 1.54) is 12.8 Å². The summed E-state index contributed by atoms with van der Waals surface area (Å²) in [6.07, 6.45) is 7.17. The summed E-state index contributed by atoms with van der Waals surface area (Å²) in [5.41, 5.74) is -0.545. The van der Waals surface area contributed by atoms with Crippen molar-refractivity contribution in [3.05, 3.63) is 0 Å². The molecule has 120 valence electrons. The third kappa shape index (κ3) is 4.10. The molecular formula is C16H27IN2O2. The van der Waals surface area contributed by atoms with Crippen molar-refractivity contribution >= 4 is 24.0 Å². The molecule has 0 aromatic rings. The average molecular weight is 406 g/mol. The highest BCUT2D eigenvalue weighted by molar-refractivity contribution is 14.0. The van der Waals surface area contributed by atoms with Crippen LogP contribution in [0.25, 0.3) is 0 Å². The molecule has 4 nitrogen and oxygen atoms in total. The Hall–Kier alpha value is 0.100. The van der Waals surface area contributed by atoms with Crippen molar-refractivity contribution in [2.75, 3.05) is 32.8 Å². The molecule has 0 spiro atoms. The van der Waals surface area contributed by atoms with Gasteiger partial charge in [-0.15, -0.1) is 24.0 Å². The van der Waals surface area contributed by atoms with Crippen LogP contribution in [0.4, 0.5) is 0 Å². The van der Waals surface area contributed by atoms with Crippen LogP contribution in [0.2, 0.25) is 0 Å². The van der Waals surface area contributed by atoms with E-state index in [-0.39, 0.29) is 29.4 Å². The monoisotopic (exact) mass is 406 g/mol. The summed E-state index contributed by atoms with van der Waals surface area (Å²) >= 11 is 0. The highest BCUT2D eigenvalue weighted by atomic mass is 127. The lowest BCUT2D eigenvalue weighted by molar-refractivity contribution is 0.0244. The number of halogens is 1. The molecule has 2 heterocycles. The van der Waals surface area contributed by atoms with Crippen LogP contribution < -0.4 is 0 Å². The predicted octanol–water partition coefficient (Wildman–Crippen LogP) is 2.55. The zero-order chi connectivity index (χ0) is 14.1. The molecule has 3 fully saturated rings. The van der Waals surface area contributed by atoms with Gasteiger partial charge in [0.15, 0.2) is 0 Å². The third-order valence-corrected chi connectivity index (χ3v) is 5.51. The van der Waals surface area contributed by atoms with Gasteiger partial charge in [-0.3, -0.25) is 0 Å². The van der Waals surface area contributed by atoms with Gasteiger partial charge in [0, 0.05) is 26.3 Å². The number of rotatable bonds is 5. The van der Waals surface area contributed by atoms with E-state index >= 15 is 0 Å². The van der Waals surface area contributed by atoms with Gasteiger partial charge < -0.3 is 14.7 Å². The second-order valence-corrected chi connectivity index (χ2v) is 7.01. The molecule has 1 unspecified atom stereocenters. The molecule has 1 N–H and O–H groups in total. The molecule has 3 rings (SSSR count). The Bertz CT molecular complexity index is 388. The third-order valence-electron chi connectivity index (χ3n) is 5.51. The smallest absolute Gasteiger partial charge is 0.0814 e. The maximum Gasteiger partial charge on any atom is 0.0814 e. The molecule has 0 amide bonds. The van der Waals surface area contributed by atoms with Gasteiger partial charge in [-0.2, -0.15) is 5.26 Å². The maximum absolute atomic E-state index is 10.5. The van der Waals surface area contributed by atoms with Gasteiger partial charge in [0.05, 0.1) is 17.1 Å². The lowest BCUT2D eigenvalue weighted by Crippen LogP contribution is -2.36. The Morgan fingerprint density at radius 1 is 1.24 bits per heavy atom. The molecule has 5 heteroatoms. The van der Waals surface area contributed by atoms with Gasteiger partial charge in [0.25, 0.3) is 0 Å². The van der Waals surface area contributed by atoms with Crippen LogP contribution in [0.3, 0.4) is 0 Å². The maximum atomic E-state index is 10.5. The van der Waals surface area contributed by atoms with Crippen molar-refractivity contribution in [2.24, 2.45) is 11.3 Å². The quantitative estimate of drug-likeness (QED) is 0.714. The van der Waals surface area contributed by atoms with Gasteiger partial charge >= 0.3 is 0 Å². The van der Waals surface area contributed by atoms with Crippen molar-refractivity contribution in [1.82, 2.24) is 4.90 Å². The minimum Gasteiger partial charge on any atom is -0.388 e. The molecule has 1 saturated carbocycles. The van der Waals surface area contributed by atoms with Crippen LogP contribution in [-0.2, 0) is 4.74 Å². The highest BCUT2D eigenvalue weighted by Gasteiger charge is 2.47. The number of β-amino-alcohol motifs (C(OH)–C–C–N with tert-alkyl or cyclic N) is 1. The van der Waals surface area contributed by atoms with Crippen molar-refractivity contribution in [3.63, 3.8) is 0 Å². The van der Waals surface area contributed by atoms with Gasteiger partial charge in [0.1, 0.15) is 0 Å². The molecule has 2 aliphatic heterocycles.